The first kappa shape index (κ1) is 13.0. The van der Waals surface area contributed by atoms with Crippen molar-refractivity contribution in [2.24, 2.45) is 11.8 Å². The number of carboxylic acid groups (broad SMARTS) is 1. The second-order valence-corrected chi connectivity index (χ2v) is 6.05. The van der Waals surface area contributed by atoms with Crippen LogP contribution in [-0.4, -0.2) is 22.0 Å². The van der Waals surface area contributed by atoms with Crippen molar-refractivity contribution in [1.82, 2.24) is 10.3 Å². The van der Waals surface area contributed by atoms with Gasteiger partial charge in [-0.3, -0.25) is 9.59 Å². The summed E-state index contributed by atoms with van der Waals surface area (Å²) in [4.78, 5) is 27.0. The molecule has 18 heavy (non-hydrogen) atoms. The fourth-order valence-electron chi connectivity index (χ4n) is 1.85. The van der Waals surface area contributed by atoms with Crippen LogP contribution >= 0.6 is 11.3 Å². The molecule has 1 heterocycles. The van der Waals surface area contributed by atoms with Crippen LogP contribution < -0.4 is 5.32 Å². The number of carboxylic acids is 1. The van der Waals surface area contributed by atoms with E-state index in [0.29, 0.717) is 6.42 Å². The number of rotatable bonds is 4. The van der Waals surface area contributed by atoms with Gasteiger partial charge in [-0.25, -0.2) is 4.98 Å². The molecule has 2 N–H and O–H groups in total. The monoisotopic (exact) mass is 268 g/mol. The Balaban J connectivity index is 2.01. The fraction of sp³-hybridized carbons (Fsp3) is 0.583. The van der Waals surface area contributed by atoms with Crippen LogP contribution in [-0.2, 0) is 15.1 Å². The molecule has 0 unspecified atom stereocenters. The van der Waals surface area contributed by atoms with E-state index >= 15 is 0 Å². The Labute approximate surface area is 109 Å². The lowest BCUT2D eigenvalue weighted by Gasteiger charge is -2.23. The minimum atomic E-state index is -0.891. The van der Waals surface area contributed by atoms with E-state index in [4.69, 9.17) is 5.11 Å². The number of thiazole rings is 1. The zero-order valence-electron chi connectivity index (χ0n) is 10.6. The van der Waals surface area contributed by atoms with Crippen molar-refractivity contribution < 1.29 is 14.7 Å². The van der Waals surface area contributed by atoms with E-state index in [-0.39, 0.29) is 11.8 Å². The predicted octanol–water partition coefficient (Wildman–Crippen LogP) is 1.52. The van der Waals surface area contributed by atoms with Crippen LogP contribution in [0.25, 0.3) is 0 Å². The third kappa shape index (κ3) is 2.53. The zero-order valence-corrected chi connectivity index (χ0v) is 11.4. The van der Waals surface area contributed by atoms with Crippen molar-refractivity contribution in [2.45, 2.75) is 32.7 Å². The highest BCUT2D eigenvalue weighted by molar-refractivity contribution is 7.09. The first-order chi connectivity index (χ1) is 8.31. The highest BCUT2D eigenvalue weighted by Gasteiger charge is 2.49. The number of hydrogen-bond acceptors (Lipinski definition) is 4. The predicted molar refractivity (Wildman–Crippen MR) is 67.3 cm³/mol. The van der Waals surface area contributed by atoms with Crippen LogP contribution in [0.5, 0.6) is 0 Å². The van der Waals surface area contributed by atoms with Crippen molar-refractivity contribution >= 4 is 23.2 Å². The van der Waals surface area contributed by atoms with Crippen LogP contribution in [0.2, 0.25) is 0 Å². The average Bonchev–Trinajstić information content (AvgIpc) is 2.94. The normalized spacial score (nSPS) is 22.6. The van der Waals surface area contributed by atoms with Gasteiger partial charge in [-0.05, 0) is 27.2 Å². The molecule has 2 rings (SSSR count). The number of aromatic nitrogens is 1. The maximum Gasteiger partial charge on any atom is 0.307 e. The molecule has 1 aliphatic rings. The molecular weight excluding hydrogens is 252 g/mol. The van der Waals surface area contributed by atoms with Crippen molar-refractivity contribution in [2.75, 3.05) is 0 Å². The molecule has 1 aliphatic carbocycles. The summed E-state index contributed by atoms with van der Waals surface area (Å²) in [7, 11) is 0. The van der Waals surface area contributed by atoms with Gasteiger partial charge in [0.2, 0.25) is 5.91 Å². The maximum atomic E-state index is 11.9. The minimum Gasteiger partial charge on any atom is -0.481 e. The third-order valence-electron chi connectivity index (χ3n) is 3.03. The molecule has 0 spiro atoms. The largest absolute Gasteiger partial charge is 0.481 e. The summed E-state index contributed by atoms with van der Waals surface area (Å²) >= 11 is 1.50. The molecule has 0 aromatic carbocycles. The fourth-order valence-corrected chi connectivity index (χ4v) is 2.73. The number of carbonyl (C=O) groups is 2. The first-order valence-electron chi connectivity index (χ1n) is 5.78. The second-order valence-electron chi connectivity index (χ2n) is 5.20. The number of aryl methyl sites for hydroxylation is 1. The zero-order chi connectivity index (χ0) is 13.5. The second kappa shape index (κ2) is 4.35. The van der Waals surface area contributed by atoms with Gasteiger partial charge in [-0.1, -0.05) is 0 Å². The minimum absolute atomic E-state index is 0.194. The van der Waals surface area contributed by atoms with Crippen molar-refractivity contribution in [3.8, 4) is 0 Å². The Morgan fingerprint density at radius 3 is 2.61 bits per heavy atom. The molecule has 1 aromatic rings. The van der Waals surface area contributed by atoms with Gasteiger partial charge in [-0.2, -0.15) is 0 Å². The molecule has 0 saturated heterocycles. The van der Waals surface area contributed by atoms with Crippen molar-refractivity contribution in [3.63, 3.8) is 0 Å². The molecule has 98 valence electrons. The number of aliphatic carboxylic acids is 1. The number of nitrogens with zero attached hydrogens (tertiary/aromatic N) is 1. The van der Waals surface area contributed by atoms with Gasteiger partial charge in [0.05, 0.1) is 17.4 Å². The molecule has 6 heteroatoms. The van der Waals surface area contributed by atoms with E-state index in [2.05, 4.69) is 10.3 Å². The van der Waals surface area contributed by atoms with Crippen LogP contribution in [0.15, 0.2) is 5.38 Å². The quantitative estimate of drug-likeness (QED) is 0.867. The summed E-state index contributed by atoms with van der Waals surface area (Å²) < 4.78 is 0. The van der Waals surface area contributed by atoms with Crippen LogP contribution in [0.3, 0.4) is 0 Å². The number of carbonyl (C=O) groups excluding carboxylic acids is 1. The van der Waals surface area contributed by atoms with Gasteiger partial charge >= 0.3 is 5.97 Å². The summed E-state index contributed by atoms with van der Waals surface area (Å²) in [5, 5.41) is 14.4. The Bertz CT molecular complexity index is 495. The number of hydrogen-bond donors (Lipinski definition) is 2. The van der Waals surface area contributed by atoms with Gasteiger partial charge < -0.3 is 10.4 Å². The molecule has 0 aliphatic heterocycles. The van der Waals surface area contributed by atoms with Crippen molar-refractivity contribution in [3.05, 3.63) is 16.1 Å². The van der Waals surface area contributed by atoms with Gasteiger partial charge in [-0.15, -0.1) is 11.3 Å². The molecule has 2 atom stereocenters. The summed E-state index contributed by atoms with van der Waals surface area (Å²) in [6.45, 7) is 5.65. The smallest absolute Gasteiger partial charge is 0.307 e. The molecular formula is C12H16N2O3S. The molecule has 1 amide bonds. The summed E-state index contributed by atoms with van der Waals surface area (Å²) in [5.74, 6) is -1.99. The standard InChI is InChI=1S/C12H16N2O3S/c1-6-5-18-11(13-6)12(2,3)14-9(15)7-4-8(7)10(16)17/h5,7-8H,4H2,1-3H3,(H,14,15)(H,16,17)/t7-,8+/m0/s1. The molecule has 0 bridgehead atoms. The van der Waals surface area contributed by atoms with E-state index in [0.717, 1.165) is 10.7 Å². The van der Waals surface area contributed by atoms with E-state index in [1.54, 1.807) is 0 Å². The number of amides is 1. The lowest BCUT2D eigenvalue weighted by molar-refractivity contribution is -0.140. The molecule has 1 aromatic heterocycles. The van der Waals surface area contributed by atoms with E-state index in [1.807, 2.05) is 26.2 Å². The average molecular weight is 268 g/mol. The lowest BCUT2D eigenvalue weighted by Crippen LogP contribution is -2.42. The lowest BCUT2D eigenvalue weighted by atomic mass is 10.1. The third-order valence-corrected chi connectivity index (χ3v) is 4.32. The van der Waals surface area contributed by atoms with Gasteiger partial charge in [0.1, 0.15) is 5.01 Å². The summed E-state index contributed by atoms with van der Waals surface area (Å²) in [6.07, 6.45) is 0.439. The molecule has 5 nitrogen and oxygen atoms in total. The first-order valence-corrected chi connectivity index (χ1v) is 6.66. The maximum absolute atomic E-state index is 11.9. The van der Waals surface area contributed by atoms with E-state index < -0.39 is 17.4 Å². The Morgan fingerprint density at radius 1 is 1.50 bits per heavy atom. The van der Waals surface area contributed by atoms with Gasteiger partial charge in [0, 0.05) is 11.1 Å². The van der Waals surface area contributed by atoms with E-state index in [9.17, 15) is 9.59 Å². The molecule has 1 fully saturated rings. The van der Waals surface area contributed by atoms with Crippen molar-refractivity contribution in [1.29, 1.82) is 0 Å². The van der Waals surface area contributed by atoms with Crippen LogP contribution in [0.1, 0.15) is 31.0 Å². The highest BCUT2D eigenvalue weighted by atomic mass is 32.1. The topological polar surface area (TPSA) is 79.3 Å². The van der Waals surface area contributed by atoms with Gasteiger partial charge in [0.25, 0.3) is 0 Å². The Kier molecular flexibility index (Phi) is 3.14. The van der Waals surface area contributed by atoms with E-state index in [1.165, 1.54) is 11.3 Å². The summed E-state index contributed by atoms with van der Waals surface area (Å²) in [6, 6.07) is 0. The Hall–Kier alpha value is -1.43. The summed E-state index contributed by atoms with van der Waals surface area (Å²) in [5.41, 5.74) is 0.369. The SMILES string of the molecule is Cc1csc(C(C)(C)NC(=O)[C@H]2C[C@H]2C(=O)O)n1. The Morgan fingerprint density at radius 2 is 2.17 bits per heavy atom. The van der Waals surface area contributed by atoms with Gasteiger partial charge in [0.15, 0.2) is 0 Å². The number of nitrogens with one attached hydrogen (secondary N) is 1. The highest BCUT2D eigenvalue weighted by Crippen LogP contribution is 2.39. The molecule has 1 saturated carbocycles. The van der Waals surface area contributed by atoms with Crippen LogP contribution in [0, 0.1) is 18.8 Å². The van der Waals surface area contributed by atoms with Crippen LogP contribution in [0.4, 0.5) is 0 Å². The molecule has 0 radical (unpaired) electrons.